The second-order valence-corrected chi connectivity index (χ2v) is 10.6. The van der Waals surface area contributed by atoms with E-state index >= 15 is 0 Å². The lowest BCUT2D eigenvalue weighted by atomic mass is 9.85. The minimum atomic E-state index is -3.85. The monoisotopic (exact) mass is 505 g/mol. The summed E-state index contributed by atoms with van der Waals surface area (Å²) in [5.74, 6) is 1.02. The average Bonchev–Trinajstić information content (AvgIpc) is 3.33. The zero-order valence-corrected chi connectivity index (χ0v) is 20.9. The van der Waals surface area contributed by atoms with Crippen molar-refractivity contribution in [3.05, 3.63) is 60.3 Å². The Bertz CT molecular complexity index is 1160. The number of aromatic hydroxyl groups is 1. The van der Waals surface area contributed by atoms with Gasteiger partial charge in [-0.3, -0.25) is 4.72 Å². The predicted molar refractivity (Wildman–Crippen MR) is 136 cm³/mol. The van der Waals surface area contributed by atoms with Crippen LogP contribution in [0, 0.1) is 5.92 Å². The molecule has 1 aromatic heterocycles. The summed E-state index contributed by atoms with van der Waals surface area (Å²) in [6, 6.07) is 13.4. The van der Waals surface area contributed by atoms with Gasteiger partial charge in [-0.05, 0) is 55.2 Å². The number of nitrogens with one attached hydrogen (secondary N) is 2. The van der Waals surface area contributed by atoms with Crippen molar-refractivity contribution in [2.75, 3.05) is 4.72 Å². The number of rotatable bonds is 9. The van der Waals surface area contributed by atoms with Crippen LogP contribution in [-0.4, -0.2) is 24.7 Å². The number of hydrogen-bond acceptors (Lipinski definition) is 6. The molecule has 184 valence electrons. The molecule has 0 radical (unpaired) electrons. The number of phenols is 1. The van der Waals surface area contributed by atoms with Crippen LogP contribution in [0.1, 0.15) is 51.0 Å². The van der Waals surface area contributed by atoms with E-state index in [0.29, 0.717) is 24.0 Å². The van der Waals surface area contributed by atoms with Gasteiger partial charge in [-0.1, -0.05) is 49.4 Å². The second-order valence-electron chi connectivity index (χ2n) is 8.88. The van der Waals surface area contributed by atoms with Crippen molar-refractivity contribution in [3.63, 3.8) is 0 Å². The maximum Gasteiger partial charge on any atom is 0.261 e. The Balaban J connectivity index is 0.00000324. The summed E-state index contributed by atoms with van der Waals surface area (Å²) in [7, 11) is -3.85. The largest absolute Gasteiger partial charge is 0.507 e. The topological polar surface area (TPSA) is 104 Å². The standard InChI is InChI=1S/C25H31N3O4S.ClH/c1-18(14-19-6-3-2-4-7-19)26-17-20-8-5-9-21(15-20)28-33(30,31)22-10-11-24(29)23(16-22)25-12-13-27-32-25;/h5,8-13,15-16,18-19,26,28-29H,2-4,6-7,14,17H2,1H3;1H/t18-;/m0./s1. The van der Waals surface area contributed by atoms with Crippen LogP contribution in [0.5, 0.6) is 5.75 Å². The lowest BCUT2D eigenvalue weighted by molar-refractivity contribution is 0.304. The molecule has 7 nitrogen and oxygen atoms in total. The smallest absolute Gasteiger partial charge is 0.261 e. The molecule has 9 heteroatoms. The number of nitrogens with zero attached hydrogens (tertiary/aromatic N) is 1. The molecule has 0 amide bonds. The minimum Gasteiger partial charge on any atom is -0.507 e. The summed E-state index contributed by atoms with van der Waals surface area (Å²) in [6.45, 7) is 2.90. The van der Waals surface area contributed by atoms with Gasteiger partial charge in [0.05, 0.1) is 16.7 Å². The summed E-state index contributed by atoms with van der Waals surface area (Å²) in [5, 5.41) is 17.3. The number of sulfonamides is 1. The molecule has 0 saturated heterocycles. The van der Waals surface area contributed by atoms with E-state index in [0.717, 1.165) is 11.5 Å². The van der Waals surface area contributed by atoms with Crippen molar-refractivity contribution < 1.29 is 18.0 Å². The summed E-state index contributed by atoms with van der Waals surface area (Å²) in [5.41, 5.74) is 1.77. The van der Waals surface area contributed by atoms with Crippen LogP contribution in [0.25, 0.3) is 11.3 Å². The van der Waals surface area contributed by atoms with Gasteiger partial charge < -0.3 is 14.9 Å². The van der Waals surface area contributed by atoms with Crippen molar-refractivity contribution in [1.82, 2.24) is 10.5 Å². The Labute approximate surface area is 207 Å². The highest BCUT2D eigenvalue weighted by Crippen LogP contribution is 2.32. The van der Waals surface area contributed by atoms with Gasteiger partial charge in [-0.15, -0.1) is 12.4 Å². The van der Waals surface area contributed by atoms with Crippen molar-refractivity contribution in [1.29, 1.82) is 0 Å². The van der Waals surface area contributed by atoms with E-state index in [1.54, 1.807) is 12.1 Å². The van der Waals surface area contributed by atoms with Gasteiger partial charge in [0, 0.05) is 24.3 Å². The van der Waals surface area contributed by atoms with Gasteiger partial charge in [0.25, 0.3) is 10.0 Å². The number of halogens is 1. The third-order valence-corrected chi connectivity index (χ3v) is 7.61. The Morgan fingerprint density at radius 1 is 1.12 bits per heavy atom. The van der Waals surface area contributed by atoms with E-state index in [1.165, 1.54) is 62.9 Å². The lowest BCUT2D eigenvalue weighted by Gasteiger charge is -2.25. The molecule has 3 N–H and O–H groups in total. The number of aromatic nitrogens is 1. The Hall–Kier alpha value is -2.55. The average molecular weight is 506 g/mol. The first-order chi connectivity index (χ1) is 15.9. The molecule has 1 heterocycles. The van der Waals surface area contributed by atoms with Crippen molar-refractivity contribution in [2.24, 2.45) is 5.92 Å². The van der Waals surface area contributed by atoms with Gasteiger partial charge in [-0.2, -0.15) is 0 Å². The van der Waals surface area contributed by atoms with Crippen molar-refractivity contribution >= 4 is 28.1 Å². The molecule has 3 aromatic rings. The molecular weight excluding hydrogens is 474 g/mol. The number of anilines is 1. The molecule has 1 aliphatic carbocycles. The summed E-state index contributed by atoms with van der Waals surface area (Å²) < 4.78 is 33.7. The van der Waals surface area contributed by atoms with E-state index < -0.39 is 10.0 Å². The van der Waals surface area contributed by atoms with Crippen LogP contribution in [0.2, 0.25) is 0 Å². The SMILES string of the molecule is C[C@@H](CC1CCCCC1)NCc1cccc(NS(=O)(=O)c2ccc(O)c(-c3ccno3)c2)c1.Cl. The first-order valence-electron chi connectivity index (χ1n) is 11.5. The zero-order valence-electron chi connectivity index (χ0n) is 19.2. The molecule has 1 saturated carbocycles. The summed E-state index contributed by atoms with van der Waals surface area (Å²) in [6.07, 6.45) is 9.34. The first-order valence-corrected chi connectivity index (χ1v) is 13.0. The molecule has 0 spiro atoms. The fraction of sp³-hybridized carbons (Fsp3) is 0.400. The van der Waals surface area contributed by atoms with E-state index in [-0.39, 0.29) is 28.6 Å². The highest BCUT2D eigenvalue weighted by molar-refractivity contribution is 7.92. The lowest BCUT2D eigenvalue weighted by Crippen LogP contribution is -2.28. The van der Waals surface area contributed by atoms with Gasteiger partial charge in [-0.25, -0.2) is 8.42 Å². The predicted octanol–water partition coefficient (Wildman–Crippen LogP) is 5.72. The summed E-state index contributed by atoms with van der Waals surface area (Å²) >= 11 is 0. The van der Waals surface area contributed by atoms with Gasteiger partial charge in [0.15, 0.2) is 5.76 Å². The quantitative estimate of drug-likeness (QED) is 0.343. The normalized spacial score (nSPS) is 15.4. The number of benzene rings is 2. The van der Waals surface area contributed by atoms with E-state index in [4.69, 9.17) is 4.52 Å². The molecule has 0 bridgehead atoms. The molecule has 2 aromatic carbocycles. The molecule has 0 unspecified atom stereocenters. The fourth-order valence-corrected chi connectivity index (χ4v) is 5.57. The van der Waals surface area contributed by atoms with E-state index in [9.17, 15) is 13.5 Å². The molecule has 0 aliphatic heterocycles. The molecule has 4 rings (SSSR count). The van der Waals surface area contributed by atoms with Crippen molar-refractivity contribution in [3.8, 4) is 17.1 Å². The van der Waals surface area contributed by atoms with Crippen LogP contribution in [0.3, 0.4) is 0 Å². The Kier molecular flexibility index (Phi) is 8.99. The molecule has 1 fully saturated rings. The van der Waals surface area contributed by atoms with Crippen LogP contribution in [0.15, 0.2) is 64.1 Å². The molecular formula is C25H32ClN3O4S. The molecule has 1 aliphatic rings. The van der Waals surface area contributed by atoms with Gasteiger partial charge >= 0.3 is 0 Å². The summed E-state index contributed by atoms with van der Waals surface area (Å²) in [4.78, 5) is 0.0244. The maximum atomic E-state index is 13.0. The van der Waals surface area contributed by atoms with Crippen LogP contribution in [-0.2, 0) is 16.6 Å². The Morgan fingerprint density at radius 2 is 1.91 bits per heavy atom. The van der Waals surface area contributed by atoms with E-state index in [1.807, 2.05) is 18.2 Å². The Morgan fingerprint density at radius 3 is 2.65 bits per heavy atom. The second kappa shape index (κ2) is 11.7. The van der Waals surface area contributed by atoms with Crippen molar-refractivity contribution in [2.45, 2.75) is 62.9 Å². The third kappa shape index (κ3) is 6.74. The molecule has 34 heavy (non-hydrogen) atoms. The highest BCUT2D eigenvalue weighted by atomic mass is 35.5. The molecule has 1 atom stereocenters. The van der Waals surface area contributed by atoms with Crippen LogP contribution in [0.4, 0.5) is 5.69 Å². The van der Waals surface area contributed by atoms with Gasteiger partial charge in [0.2, 0.25) is 0 Å². The first kappa shape index (κ1) is 26.1. The highest BCUT2D eigenvalue weighted by Gasteiger charge is 2.19. The maximum absolute atomic E-state index is 13.0. The number of hydrogen-bond donors (Lipinski definition) is 3. The van der Waals surface area contributed by atoms with Crippen LogP contribution < -0.4 is 10.0 Å². The minimum absolute atomic E-state index is 0. The van der Waals surface area contributed by atoms with Crippen LogP contribution >= 0.6 is 12.4 Å². The third-order valence-electron chi connectivity index (χ3n) is 6.23. The number of phenolic OH excluding ortho intramolecular Hbond substituents is 1. The van der Waals surface area contributed by atoms with Gasteiger partial charge in [0.1, 0.15) is 5.75 Å². The van der Waals surface area contributed by atoms with E-state index in [2.05, 4.69) is 22.1 Å². The fourth-order valence-electron chi connectivity index (χ4n) is 4.49. The zero-order chi connectivity index (χ0) is 23.3.